The van der Waals surface area contributed by atoms with Crippen LogP contribution in [0.2, 0.25) is 0 Å². The molecule has 4 heterocycles. The first kappa shape index (κ1) is 16.2. The number of hydrogen-bond acceptors (Lipinski definition) is 4. The Balaban J connectivity index is 1.82. The van der Waals surface area contributed by atoms with Crippen molar-refractivity contribution in [3.63, 3.8) is 0 Å². The van der Waals surface area contributed by atoms with E-state index in [1.165, 1.54) is 17.0 Å². The summed E-state index contributed by atoms with van der Waals surface area (Å²) in [6, 6.07) is 8.37. The third-order valence-electron chi connectivity index (χ3n) is 4.74. The van der Waals surface area contributed by atoms with Crippen molar-refractivity contribution in [1.82, 2.24) is 24.8 Å². The number of likely N-dealkylation sites (N-methyl/N-ethyl adjacent to an activating group) is 1. The van der Waals surface area contributed by atoms with E-state index in [0.717, 1.165) is 15.9 Å². The minimum absolute atomic E-state index is 0.0314. The normalized spacial score (nSPS) is 20.1. The van der Waals surface area contributed by atoms with Crippen molar-refractivity contribution in [1.29, 1.82) is 0 Å². The van der Waals surface area contributed by atoms with Crippen molar-refractivity contribution < 1.29 is 0 Å². The molecule has 1 aliphatic rings. The Morgan fingerprint density at radius 3 is 2.72 bits per heavy atom. The Labute approximate surface area is 156 Å². The number of thiocarbonyl (C=S) groups is 1. The summed E-state index contributed by atoms with van der Waals surface area (Å²) in [7, 11) is 2.04. The highest BCUT2D eigenvalue weighted by Crippen LogP contribution is 2.40. The zero-order valence-corrected chi connectivity index (χ0v) is 15.9. The molecule has 0 radical (unpaired) electrons. The van der Waals surface area contributed by atoms with Crippen molar-refractivity contribution in [2.75, 3.05) is 7.05 Å². The second-order valence-corrected chi connectivity index (χ2v) is 7.47. The Morgan fingerprint density at radius 1 is 1.20 bits per heavy atom. The van der Waals surface area contributed by atoms with E-state index in [1.54, 1.807) is 11.3 Å². The second kappa shape index (κ2) is 6.24. The molecule has 0 spiro atoms. The van der Waals surface area contributed by atoms with Gasteiger partial charge in [-0.15, -0.1) is 11.3 Å². The van der Waals surface area contributed by atoms with Gasteiger partial charge >= 0.3 is 0 Å². The summed E-state index contributed by atoms with van der Waals surface area (Å²) in [6.45, 7) is 4.27. The largest absolute Gasteiger partial charge is 0.352 e. The maximum atomic E-state index is 5.53. The molecule has 0 saturated carbocycles. The lowest BCUT2D eigenvalue weighted by Crippen LogP contribution is -2.25. The number of pyridine rings is 1. The van der Waals surface area contributed by atoms with E-state index in [4.69, 9.17) is 12.2 Å². The van der Waals surface area contributed by atoms with E-state index >= 15 is 0 Å². The number of nitrogens with one attached hydrogen (secondary N) is 1. The molecule has 2 atom stereocenters. The number of rotatable bonds is 3. The van der Waals surface area contributed by atoms with Crippen LogP contribution in [0, 0.1) is 13.8 Å². The van der Waals surface area contributed by atoms with Gasteiger partial charge in [0.1, 0.15) is 0 Å². The molecule has 4 rings (SSSR count). The zero-order valence-electron chi connectivity index (χ0n) is 14.3. The van der Waals surface area contributed by atoms with Gasteiger partial charge in [0, 0.05) is 36.2 Å². The summed E-state index contributed by atoms with van der Waals surface area (Å²) in [4.78, 5) is 11.1. The molecule has 1 fully saturated rings. The van der Waals surface area contributed by atoms with Gasteiger partial charge in [-0.05, 0) is 49.8 Å². The van der Waals surface area contributed by atoms with Crippen molar-refractivity contribution in [3.05, 3.63) is 64.7 Å². The molecule has 0 unspecified atom stereocenters. The SMILES string of the molecule is Cc1cc([C@H]2[C@@H](c3ccccn3)NC(=S)N2C)c(C)n1-c1nccs1. The number of aryl methyl sites for hydroxylation is 1. The number of nitrogens with zero attached hydrogens (tertiary/aromatic N) is 4. The quantitative estimate of drug-likeness (QED) is 0.716. The van der Waals surface area contributed by atoms with E-state index in [9.17, 15) is 0 Å². The Morgan fingerprint density at radius 2 is 2.04 bits per heavy atom. The molecule has 5 nitrogen and oxygen atoms in total. The van der Waals surface area contributed by atoms with Gasteiger partial charge in [0.15, 0.2) is 10.2 Å². The lowest BCUT2D eigenvalue weighted by Gasteiger charge is -2.24. The van der Waals surface area contributed by atoms with Gasteiger partial charge in [-0.3, -0.25) is 9.55 Å². The molecule has 1 saturated heterocycles. The zero-order chi connectivity index (χ0) is 17.6. The van der Waals surface area contributed by atoms with E-state index in [1.807, 2.05) is 43.0 Å². The first-order chi connectivity index (χ1) is 12.1. The average Bonchev–Trinajstić information content (AvgIpc) is 3.29. The van der Waals surface area contributed by atoms with Gasteiger partial charge in [-0.1, -0.05) is 6.07 Å². The molecule has 3 aromatic heterocycles. The Kier molecular flexibility index (Phi) is 4.05. The summed E-state index contributed by atoms with van der Waals surface area (Å²) in [5.74, 6) is 0. The summed E-state index contributed by atoms with van der Waals surface area (Å²) in [5, 5.41) is 7.18. The Hall–Kier alpha value is -2.25. The highest BCUT2D eigenvalue weighted by molar-refractivity contribution is 7.80. The van der Waals surface area contributed by atoms with Crippen LogP contribution in [0.15, 0.2) is 42.0 Å². The third kappa shape index (κ3) is 2.63. The van der Waals surface area contributed by atoms with Crippen LogP contribution in [-0.2, 0) is 0 Å². The fraction of sp³-hybridized carbons (Fsp3) is 0.278. The van der Waals surface area contributed by atoms with E-state index in [2.05, 4.69) is 44.7 Å². The molecule has 128 valence electrons. The van der Waals surface area contributed by atoms with Crippen LogP contribution in [0.3, 0.4) is 0 Å². The molecule has 1 aliphatic heterocycles. The molecular weight excluding hydrogens is 350 g/mol. The van der Waals surface area contributed by atoms with Crippen LogP contribution < -0.4 is 5.32 Å². The van der Waals surface area contributed by atoms with Crippen LogP contribution in [0.4, 0.5) is 0 Å². The molecular formula is C18H19N5S2. The van der Waals surface area contributed by atoms with E-state index in [0.29, 0.717) is 0 Å². The molecule has 0 aromatic carbocycles. The van der Waals surface area contributed by atoms with E-state index in [-0.39, 0.29) is 12.1 Å². The molecule has 0 amide bonds. The Bertz CT molecular complexity index is 901. The predicted molar refractivity (Wildman–Crippen MR) is 104 cm³/mol. The molecule has 3 aromatic rings. The van der Waals surface area contributed by atoms with Gasteiger partial charge in [-0.25, -0.2) is 4.98 Å². The van der Waals surface area contributed by atoms with Crippen molar-refractivity contribution in [2.45, 2.75) is 25.9 Å². The lowest BCUT2D eigenvalue weighted by molar-refractivity contribution is 0.367. The second-order valence-electron chi connectivity index (χ2n) is 6.21. The highest BCUT2D eigenvalue weighted by Gasteiger charge is 2.39. The topological polar surface area (TPSA) is 46.0 Å². The van der Waals surface area contributed by atoms with Crippen LogP contribution >= 0.6 is 23.6 Å². The lowest BCUT2D eigenvalue weighted by atomic mass is 9.97. The van der Waals surface area contributed by atoms with Crippen LogP contribution in [0.1, 0.15) is 34.7 Å². The fourth-order valence-electron chi connectivity index (χ4n) is 3.56. The van der Waals surface area contributed by atoms with Crippen molar-refractivity contribution in [2.24, 2.45) is 0 Å². The molecule has 0 aliphatic carbocycles. The summed E-state index contributed by atoms with van der Waals surface area (Å²) in [5.41, 5.74) is 4.61. The molecule has 0 bridgehead atoms. The van der Waals surface area contributed by atoms with Crippen LogP contribution in [-0.4, -0.2) is 31.6 Å². The van der Waals surface area contributed by atoms with Gasteiger partial charge in [0.2, 0.25) is 0 Å². The maximum Gasteiger partial charge on any atom is 0.193 e. The predicted octanol–water partition coefficient (Wildman–Crippen LogP) is 3.55. The number of aromatic nitrogens is 3. The minimum Gasteiger partial charge on any atom is -0.352 e. The van der Waals surface area contributed by atoms with Crippen molar-refractivity contribution >= 4 is 28.7 Å². The number of thiazole rings is 1. The number of hydrogen-bond donors (Lipinski definition) is 1. The van der Waals surface area contributed by atoms with Crippen molar-refractivity contribution in [3.8, 4) is 5.13 Å². The highest BCUT2D eigenvalue weighted by atomic mass is 32.1. The maximum absolute atomic E-state index is 5.53. The standard InChI is InChI=1S/C18H19N5S2/c1-11-10-13(12(2)23(11)18-20-8-9-25-18)16-15(21-17(24)22(16)3)14-6-4-5-7-19-14/h4-10,15-16H,1-3H3,(H,21,24)/t15-,16+/m1/s1. The molecule has 1 N–H and O–H groups in total. The van der Waals surface area contributed by atoms with Gasteiger partial charge in [0.25, 0.3) is 0 Å². The van der Waals surface area contributed by atoms with Gasteiger partial charge in [0.05, 0.1) is 17.8 Å². The smallest absolute Gasteiger partial charge is 0.193 e. The minimum atomic E-state index is 0.0314. The average molecular weight is 370 g/mol. The summed E-state index contributed by atoms with van der Waals surface area (Å²) < 4.78 is 2.21. The monoisotopic (exact) mass is 369 g/mol. The van der Waals surface area contributed by atoms with Gasteiger partial charge < -0.3 is 10.2 Å². The van der Waals surface area contributed by atoms with Crippen LogP contribution in [0.5, 0.6) is 0 Å². The molecule has 7 heteroatoms. The fourth-order valence-corrected chi connectivity index (χ4v) is 4.55. The third-order valence-corrected chi connectivity index (χ3v) is 5.90. The van der Waals surface area contributed by atoms with E-state index < -0.39 is 0 Å². The summed E-state index contributed by atoms with van der Waals surface area (Å²) >= 11 is 7.17. The summed E-state index contributed by atoms with van der Waals surface area (Å²) in [6.07, 6.45) is 3.67. The van der Waals surface area contributed by atoms with Crippen LogP contribution in [0.25, 0.3) is 5.13 Å². The molecule has 25 heavy (non-hydrogen) atoms. The first-order valence-corrected chi connectivity index (χ1v) is 9.39. The first-order valence-electron chi connectivity index (χ1n) is 8.11. The van der Waals surface area contributed by atoms with Gasteiger partial charge in [-0.2, -0.15) is 0 Å².